The minimum absolute atomic E-state index is 0.368. The van der Waals surface area contributed by atoms with E-state index >= 15 is 0 Å². The first-order valence-electron chi connectivity index (χ1n) is 7.77. The molecule has 0 saturated carbocycles. The summed E-state index contributed by atoms with van der Waals surface area (Å²) in [5, 5.41) is 13.9. The Kier molecular flexibility index (Phi) is 3.93. The molecule has 0 amide bonds. The molecule has 25 heavy (non-hydrogen) atoms. The predicted molar refractivity (Wildman–Crippen MR) is 104 cm³/mol. The van der Waals surface area contributed by atoms with Crippen molar-refractivity contribution in [1.29, 1.82) is 0 Å². The number of anilines is 1. The summed E-state index contributed by atoms with van der Waals surface area (Å²) in [5.41, 5.74) is 7.38. The van der Waals surface area contributed by atoms with Crippen LogP contribution in [0.3, 0.4) is 0 Å². The Labute approximate surface area is 152 Å². The summed E-state index contributed by atoms with van der Waals surface area (Å²) >= 11 is 3.50. The van der Waals surface area contributed by atoms with E-state index in [0.717, 1.165) is 37.8 Å². The normalized spacial score (nSPS) is 12.0. The Bertz CT molecular complexity index is 1100. The molecular formula is C18H15BrN6. The molecule has 0 unspecified atom stereocenters. The fourth-order valence-corrected chi connectivity index (χ4v) is 3.12. The van der Waals surface area contributed by atoms with Gasteiger partial charge in [0.15, 0.2) is 5.65 Å². The molecule has 0 radical (unpaired) electrons. The van der Waals surface area contributed by atoms with Crippen LogP contribution in [-0.4, -0.2) is 25.5 Å². The van der Waals surface area contributed by atoms with Gasteiger partial charge in [-0.2, -0.15) is 10.1 Å². The molecule has 2 aromatic carbocycles. The van der Waals surface area contributed by atoms with Gasteiger partial charge in [0.25, 0.3) is 5.95 Å². The van der Waals surface area contributed by atoms with Gasteiger partial charge >= 0.3 is 0 Å². The quantitative estimate of drug-likeness (QED) is 0.419. The Morgan fingerprint density at radius 1 is 1.12 bits per heavy atom. The lowest BCUT2D eigenvalue weighted by atomic mass is 10.1. The molecule has 0 atom stereocenters. The number of halogens is 1. The van der Waals surface area contributed by atoms with E-state index < -0.39 is 0 Å². The Morgan fingerprint density at radius 2 is 1.92 bits per heavy atom. The van der Waals surface area contributed by atoms with E-state index in [-0.39, 0.29) is 0 Å². The van der Waals surface area contributed by atoms with Gasteiger partial charge in [0, 0.05) is 16.9 Å². The van der Waals surface area contributed by atoms with Crippen LogP contribution in [-0.2, 0) is 7.05 Å². The molecular weight excluding hydrogens is 380 g/mol. The van der Waals surface area contributed by atoms with Crippen LogP contribution < -0.4 is 5.43 Å². The second kappa shape index (κ2) is 6.25. The number of hydrogen-bond donors (Lipinski definition) is 1. The molecule has 7 heteroatoms. The van der Waals surface area contributed by atoms with E-state index in [1.165, 1.54) is 0 Å². The number of benzene rings is 2. The second-order valence-electron chi connectivity index (χ2n) is 5.70. The van der Waals surface area contributed by atoms with E-state index in [4.69, 9.17) is 0 Å². The molecule has 124 valence electrons. The van der Waals surface area contributed by atoms with Crippen LogP contribution in [0.5, 0.6) is 0 Å². The van der Waals surface area contributed by atoms with Gasteiger partial charge in [-0.1, -0.05) is 46.3 Å². The van der Waals surface area contributed by atoms with E-state index in [1.807, 2.05) is 67.1 Å². The van der Waals surface area contributed by atoms with Gasteiger partial charge in [-0.05, 0) is 30.7 Å². The Balaban J connectivity index is 1.72. The maximum Gasteiger partial charge on any atom is 0.265 e. The summed E-state index contributed by atoms with van der Waals surface area (Å²) in [7, 11) is 1.97. The standard InChI is InChI=1S/C18H15BrN6/c1-11(12-6-4-3-5-7-12)21-23-18-20-17-16(22-24-18)14-10-13(19)8-9-15(14)25(17)2/h3-10H,1-2H3,(H,20,23,24). The van der Waals surface area contributed by atoms with E-state index in [2.05, 4.69) is 41.6 Å². The van der Waals surface area contributed by atoms with Crippen molar-refractivity contribution >= 4 is 49.7 Å². The summed E-state index contributed by atoms with van der Waals surface area (Å²) in [6, 6.07) is 16.0. The van der Waals surface area contributed by atoms with Gasteiger partial charge < -0.3 is 4.57 Å². The van der Waals surface area contributed by atoms with Crippen molar-refractivity contribution in [2.75, 3.05) is 5.43 Å². The van der Waals surface area contributed by atoms with Crippen LogP contribution in [0.4, 0.5) is 5.95 Å². The second-order valence-corrected chi connectivity index (χ2v) is 6.62. The molecule has 0 bridgehead atoms. The van der Waals surface area contributed by atoms with Crippen molar-refractivity contribution in [3.8, 4) is 0 Å². The highest BCUT2D eigenvalue weighted by Gasteiger charge is 2.12. The minimum atomic E-state index is 0.368. The molecule has 4 rings (SSSR count). The van der Waals surface area contributed by atoms with Crippen molar-refractivity contribution in [3.05, 3.63) is 58.6 Å². The number of fused-ring (bicyclic) bond motifs is 3. The van der Waals surface area contributed by atoms with Gasteiger partial charge in [-0.25, -0.2) is 5.43 Å². The molecule has 4 aromatic rings. The largest absolute Gasteiger partial charge is 0.327 e. The van der Waals surface area contributed by atoms with Crippen LogP contribution in [0.15, 0.2) is 58.1 Å². The van der Waals surface area contributed by atoms with Gasteiger partial charge in [0.2, 0.25) is 0 Å². The number of nitrogens with zero attached hydrogens (tertiary/aromatic N) is 5. The van der Waals surface area contributed by atoms with Crippen molar-refractivity contribution in [3.63, 3.8) is 0 Å². The number of aryl methyl sites for hydroxylation is 1. The van der Waals surface area contributed by atoms with E-state index in [1.54, 1.807) is 0 Å². The van der Waals surface area contributed by atoms with Crippen LogP contribution >= 0.6 is 15.9 Å². The maximum absolute atomic E-state index is 4.56. The maximum atomic E-state index is 4.56. The fourth-order valence-electron chi connectivity index (χ4n) is 2.76. The van der Waals surface area contributed by atoms with Crippen LogP contribution in [0.1, 0.15) is 12.5 Å². The lowest BCUT2D eigenvalue weighted by Gasteiger charge is -2.02. The number of rotatable bonds is 3. The van der Waals surface area contributed by atoms with Crippen molar-refractivity contribution < 1.29 is 0 Å². The molecule has 0 saturated heterocycles. The van der Waals surface area contributed by atoms with Gasteiger partial charge in [-0.3, -0.25) is 0 Å². The average Bonchev–Trinajstić information content (AvgIpc) is 2.92. The van der Waals surface area contributed by atoms with E-state index in [9.17, 15) is 0 Å². The SMILES string of the molecule is CC(=NNc1nnc2c3cc(Br)ccc3n(C)c2n1)c1ccccc1. The lowest BCUT2D eigenvalue weighted by Crippen LogP contribution is -2.04. The molecule has 0 aliphatic carbocycles. The van der Waals surface area contributed by atoms with Crippen LogP contribution in [0.25, 0.3) is 22.1 Å². The lowest BCUT2D eigenvalue weighted by molar-refractivity contribution is 0.949. The highest BCUT2D eigenvalue weighted by atomic mass is 79.9. The molecule has 0 fully saturated rings. The molecule has 1 N–H and O–H groups in total. The number of nitrogens with one attached hydrogen (secondary N) is 1. The van der Waals surface area contributed by atoms with Gasteiger partial charge in [-0.15, -0.1) is 10.2 Å². The summed E-state index contributed by atoms with van der Waals surface area (Å²) in [6.45, 7) is 1.93. The first-order valence-corrected chi connectivity index (χ1v) is 8.57. The molecule has 0 aliphatic rings. The van der Waals surface area contributed by atoms with E-state index in [0.29, 0.717) is 5.95 Å². The number of hydrogen-bond acceptors (Lipinski definition) is 5. The zero-order valence-electron chi connectivity index (χ0n) is 13.7. The van der Waals surface area contributed by atoms with Crippen molar-refractivity contribution in [1.82, 2.24) is 19.7 Å². The zero-order valence-corrected chi connectivity index (χ0v) is 15.3. The fraction of sp³-hybridized carbons (Fsp3) is 0.111. The molecule has 2 heterocycles. The summed E-state index contributed by atoms with van der Waals surface area (Å²) in [5.74, 6) is 0.368. The zero-order chi connectivity index (χ0) is 17.4. The Morgan fingerprint density at radius 3 is 2.72 bits per heavy atom. The third-order valence-electron chi connectivity index (χ3n) is 4.08. The number of hydrazone groups is 1. The molecule has 2 aromatic heterocycles. The molecule has 0 spiro atoms. The monoisotopic (exact) mass is 394 g/mol. The van der Waals surface area contributed by atoms with Crippen molar-refractivity contribution in [2.24, 2.45) is 12.1 Å². The minimum Gasteiger partial charge on any atom is -0.327 e. The summed E-state index contributed by atoms with van der Waals surface area (Å²) in [4.78, 5) is 4.56. The highest BCUT2D eigenvalue weighted by Crippen LogP contribution is 2.28. The third-order valence-corrected chi connectivity index (χ3v) is 4.57. The first-order chi connectivity index (χ1) is 12.1. The molecule has 6 nitrogen and oxygen atoms in total. The van der Waals surface area contributed by atoms with Crippen LogP contribution in [0, 0.1) is 0 Å². The first kappa shape index (κ1) is 15.7. The average molecular weight is 395 g/mol. The Hall–Kier alpha value is -2.80. The van der Waals surface area contributed by atoms with Gasteiger partial charge in [0.1, 0.15) is 5.52 Å². The predicted octanol–water partition coefficient (Wildman–Crippen LogP) is 4.12. The summed E-state index contributed by atoms with van der Waals surface area (Å²) in [6.07, 6.45) is 0. The smallest absolute Gasteiger partial charge is 0.265 e. The molecule has 0 aliphatic heterocycles. The highest BCUT2D eigenvalue weighted by molar-refractivity contribution is 9.10. The number of aromatic nitrogens is 4. The third kappa shape index (κ3) is 2.87. The van der Waals surface area contributed by atoms with Crippen LogP contribution in [0.2, 0.25) is 0 Å². The van der Waals surface area contributed by atoms with Crippen molar-refractivity contribution in [2.45, 2.75) is 6.92 Å². The topological polar surface area (TPSA) is 68.0 Å². The van der Waals surface area contributed by atoms with Gasteiger partial charge in [0.05, 0.1) is 11.2 Å². The summed E-state index contributed by atoms with van der Waals surface area (Å²) < 4.78 is 3.00.